The Bertz CT molecular complexity index is 1210. The average molecular weight is 539 g/mol. The monoisotopic (exact) mass is 538 g/mol. The lowest BCUT2D eigenvalue weighted by atomic mass is 9.93. The van der Waals surface area contributed by atoms with Gasteiger partial charge < -0.3 is 20.6 Å². The van der Waals surface area contributed by atoms with E-state index in [9.17, 15) is 14.7 Å². The van der Waals surface area contributed by atoms with Crippen molar-refractivity contribution in [1.29, 1.82) is 0 Å². The van der Waals surface area contributed by atoms with Crippen LogP contribution in [0.3, 0.4) is 0 Å². The van der Waals surface area contributed by atoms with Crippen LogP contribution in [0.1, 0.15) is 27.9 Å². The first-order valence-electron chi connectivity index (χ1n) is 12.3. The summed E-state index contributed by atoms with van der Waals surface area (Å²) in [5, 5.41) is 10.1. The number of benzene rings is 2. The zero-order valence-corrected chi connectivity index (χ0v) is 22.1. The number of carboxylic acids is 1. The van der Waals surface area contributed by atoms with E-state index in [1.165, 1.54) is 0 Å². The van der Waals surface area contributed by atoms with E-state index in [2.05, 4.69) is 22.5 Å². The molecule has 0 radical (unpaired) electrons. The molecule has 1 fully saturated rings. The number of aryl methyl sites for hydroxylation is 1. The first-order valence-corrected chi connectivity index (χ1v) is 13.2. The number of pyridine rings is 1. The van der Waals surface area contributed by atoms with Crippen molar-refractivity contribution in [3.05, 3.63) is 88.6 Å². The lowest BCUT2D eigenvalue weighted by molar-refractivity contribution is -0.141. The van der Waals surface area contributed by atoms with Gasteiger partial charge in [0.05, 0.1) is 5.92 Å². The summed E-state index contributed by atoms with van der Waals surface area (Å²) in [6, 6.07) is 18.8. The maximum Gasteiger partial charge on any atom is 0.307 e. The Hall–Kier alpha value is -3.23. The van der Waals surface area contributed by atoms with Gasteiger partial charge in [0.2, 0.25) is 0 Å². The molecule has 0 spiro atoms. The Kier molecular flexibility index (Phi) is 8.95. The van der Waals surface area contributed by atoms with E-state index in [0.29, 0.717) is 48.8 Å². The molecule has 1 aliphatic rings. The number of nitrogens with two attached hydrogens (primary N) is 1. The molecule has 7 nitrogen and oxygen atoms in total. The van der Waals surface area contributed by atoms with Crippen LogP contribution < -0.4 is 10.6 Å². The minimum absolute atomic E-state index is 0.0132. The maximum atomic E-state index is 13.2. The number of halogens is 1. The van der Waals surface area contributed by atoms with Crippen LogP contribution in [-0.4, -0.2) is 58.3 Å². The van der Waals surface area contributed by atoms with Crippen molar-refractivity contribution in [2.24, 2.45) is 5.92 Å². The number of hydrogen-bond acceptors (Lipinski definition) is 6. The van der Waals surface area contributed by atoms with Gasteiger partial charge in [-0.25, -0.2) is 4.98 Å². The number of nitrogen functional groups attached to an aromatic ring is 1. The van der Waals surface area contributed by atoms with Crippen molar-refractivity contribution in [3.8, 4) is 0 Å². The third-order valence-corrected chi connectivity index (χ3v) is 7.62. The smallest absolute Gasteiger partial charge is 0.307 e. The molecular weight excluding hydrogens is 508 g/mol. The standard InChI is InChI=1S/C28H31ClN4O3S/c29-22-6-8-23(9-7-22)32-12-14-33(15-13-32)27(34)21-3-1-2-19(16-21)4-10-25(37)24(28(35)36)17-20-5-11-26(30)31-18-20/h1-3,5-9,11,16,18,24-25,37H,4,10,12-15,17H2,(H2,30,31)(H,35,36). The molecule has 0 saturated carbocycles. The summed E-state index contributed by atoms with van der Waals surface area (Å²) < 4.78 is 0. The third kappa shape index (κ3) is 7.17. The molecule has 2 aromatic carbocycles. The largest absolute Gasteiger partial charge is 0.481 e. The molecule has 3 N–H and O–H groups in total. The highest BCUT2D eigenvalue weighted by Crippen LogP contribution is 2.23. The summed E-state index contributed by atoms with van der Waals surface area (Å²) in [7, 11) is 0. The van der Waals surface area contributed by atoms with E-state index in [1.54, 1.807) is 18.3 Å². The van der Waals surface area contributed by atoms with E-state index in [4.69, 9.17) is 17.3 Å². The fraction of sp³-hybridized carbons (Fsp3) is 0.321. The summed E-state index contributed by atoms with van der Waals surface area (Å²) in [4.78, 5) is 33.3. The Morgan fingerprint density at radius 1 is 1.03 bits per heavy atom. The lowest BCUT2D eigenvalue weighted by Gasteiger charge is -2.36. The molecule has 194 valence electrons. The molecule has 2 unspecified atom stereocenters. The van der Waals surface area contributed by atoms with Crippen LogP contribution in [0.5, 0.6) is 0 Å². The van der Waals surface area contributed by atoms with E-state index in [-0.39, 0.29) is 11.2 Å². The van der Waals surface area contributed by atoms with Crippen LogP contribution in [0.4, 0.5) is 11.5 Å². The van der Waals surface area contributed by atoms with Gasteiger partial charge in [-0.1, -0.05) is 29.8 Å². The summed E-state index contributed by atoms with van der Waals surface area (Å²) in [6.07, 6.45) is 3.14. The number of rotatable bonds is 9. The lowest BCUT2D eigenvalue weighted by Crippen LogP contribution is -2.48. The Morgan fingerprint density at radius 3 is 2.41 bits per heavy atom. The van der Waals surface area contributed by atoms with Crippen LogP contribution in [0, 0.1) is 5.92 Å². The average Bonchev–Trinajstić information content (AvgIpc) is 2.91. The Balaban J connectivity index is 1.32. The van der Waals surface area contributed by atoms with Crippen LogP contribution in [0.2, 0.25) is 5.02 Å². The van der Waals surface area contributed by atoms with Crippen molar-refractivity contribution in [2.45, 2.75) is 24.5 Å². The molecule has 1 amide bonds. The predicted molar refractivity (Wildman–Crippen MR) is 151 cm³/mol. The fourth-order valence-corrected chi connectivity index (χ4v) is 5.06. The zero-order valence-electron chi connectivity index (χ0n) is 20.5. The summed E-state index contributed by atoms with van der Waals surface area (Å²) >= 11 is 10.6. The first-order chi connectivity index (χ1) is 17.8. The molecule has 0 aliphatic carbocycles. The van der Waals surface area contributed by atoms with Gasteiger partial charge in [0, 0.05) is 53.9 Å². The zero-order chi connectivity index (χ0) is 26.4. The number of aliphatic carboxylic acids is 1. The van der Waals surface area contributed by atoms with Crippen LogP contribution >= 0.6 is 24.2 Å². The number of carboxylic acid groups (broad SMARTS) is 1. The number of amides is 1. The summed E-state index contributed by atoms with van der Waals surface area (Å²) in [5.74, 6) is -1.13. The topological polar surface area (TPSA) is 99.8 Å². The van der Waals surface area contributed by atoms with E-state index >= 15 is 0 Å². The van der Waals surface area contributed by atoms with Gasteiger partial charge in [-0.15, -0.1) is 0 Å². The fourth-order valence-electron chi connectivity index (χ4n) is 4.58. The minimum Gasteiger partial charge on any atom is -0.481 e. The third-order valence-electron chi connectivity index (χ3n) is 6.75. The number of piperazine rings is 1. The molecule has 4 rings (SSSR count). The van der Waals surface area contributed by atoms with Crippen LogP contribution in [-0.2, 0) is 17.6 Å². The predicted octanol–water partition coefficient (Wildman–Crippen LogP) is 4.45. The summed E-state index contributed by atoms with van der Waals surface area (Å²) in [6.45, 7) is 2.80. The van der Waals surface area contributed by atoms with Crippen molar-refractivity contribution < 1.29 is 14.7 Å². The van der Waals surface area contributed by atoms with Gasteiger partial charge >= 0.3 is 5.97 Å². The van der Waals surface area contributed by atoms with Crippen molar-refractivity contribution in [2.75, 3.05) is 36.8 Å². The second-order valence-corrected chi connectivity index (χ2v) is 10.4. The number of nitrogens with zero attached hydrogens (tertiary/aromatic N) is 3. The Morgan fingerprint density at radius 2 is 1.76 bits per heavy atom. The number of hydrogen-bond donors (Lipinski definition) is 3. The first kappa shape index (κ1) is 26.8. The summed E-state index contributed by atoms with van der Waals surface area (Å²) in [5.41, 5.74) is 9.18. The quantitative estimate of drug-likeness (QED) is 0.348. The molecule has 2 atom stereocenters. The van der Waals surface area contributed by atoms with Gasteiger partial charge in [0.1, 0.15) is 5.82 Å². The number of aromatic nitrogens is 1. The molecule has 9 heteroatoms. The normalized spacial score (nSPS) is 15.3. The molecule has 1 aromatic heterocycles. The minimum atomic E-state index is -0.890. The highest BCUT2D eigenvalue weighted by atomic mass is 35.5. The maximum absolute atomic E-state index is 13.2. The van der Waals surface area contributed by atoms with Crippen molar-refractivity contribution >= 4 is 47.6 Å². The highest BCUT2D eigenvalue weighted by Gasteiger charge is 2.26. The molecule has 37 heavy (non-hydrogen) atoms. The second-order valence-electron chi connectivity index (χ2n) is 9.30. The van der Waals surface area contributed by atoms with Crippen LogP contribution in [0.25, 0.3) is 0 Å². The SMILES string of the molecule is Nc1ccc(CC(C(=O)O)C(S)CCc2cccc(C(=O)N3CCN(c4ccc(Cl)cc4)CC3)c2)cn1. The van der Waals surface area contributed by atoms with Gasteiger partial charge in [-0.2, -0.15) is 12.6 Å². The van der Waals surface area contributed by atoms with Gasteiger partial charge in [-0.05, 0) is 72.9 Å². The van der Waals surface area contributed by atoms with Crippen molar-refractivity contribution in [3.63, 3.8) is 0 Å². The van der Waals surface area contributed by atoms with Crippen molar-refractivity contribution in [1.82, 2.24) is 9.88 Å². The second kappa shape index (κ2) is 12.3. The number of thiol groups is 1. The molecular formula is C28H31ClN4O3S. The number of anilines is 2. The van der Waals surface area contributed by atoms with E-state index < -0.39 is 11.9 Å². The van der Waals surface area contributed by atoms with E-state index in [1.807, 2.05) is 53.4 Å². The molecule has 1 aliphatic heterocycles. The molecule has 2 heterocycles. The Labute approximate surface area is 227 Å². The molecule has 3 aromatic rings. The number of carbonyl (C=O) groups excluding carboxylic acids is 1. The van der Waals surface area contributed by atoms with Gasteiger partial charge in [-0.3, -0.25) is 9.59 Å². The van der Waals surface area contributed by atoms with Gasteiger partial charge in [0.25, 0.3) is 5.91 Å². The molecule has 1 saturated heterocycles. The highest BCUT2D eigenvalue weighted by molar-refractivity contribution is 7.81. The molecule has 0 bridgehead atoms. The van der Waals surface area contributed by atoms with Crippen LogP contribution in [0.15, 0.2) is 66.9 Å². The number of carbonyl (C=O) groups is 2. The van der Waals surface area contributed by atoms with E-state index in [0.717, 1.165) is 29.9 Å². The van der Waals surface area contributed by atoms with Gasteiger partial charge in [0.15, 0.2) is 0 Å².